The summed E-state index contributed by atoms with van der Waals surface area (Å²) in [6.45, 7) is 38.4. The van der Waals surface area contributed by atoms with E-state index in [-0.39, 0.29) is 40.8 Å². The number of hydrogen-bond donors (Lipinski definition) is 1. The number of rotatable bonds is 8. The summed E-state index contributed by atoms with van der Waals surface area (Å²) >= 11 is 3.34. The van der Waals surface area contributed by atoms with Crippen molar-refractivity contribution in [3.63, 3.8) is 0 Å². The van der Waals surface area contributed by atoms with Gasteiger partial charge in [0.25, 0.3) is 0 Å². The molecule has 1 saturated carbocycles. The minimum absolute atomic E-state index is 0.00939. The normalized spacial score (nSPS) is 24.1. The number of carbonyl (C=O) groups excluding carboxylic acids is 1. The second-order valence-corrected chi connectivity index (χ2v) is 13.5. The van der Waals surface area contributed by atoms with Crippen LogP contribution in [0.3, 0.4) is 0 Å². The molecule has 2 heterocycles. The van der Waals surface area contributed by atoms with E-state index >= 15 is 0 Å². The summed E-state index contributed by atoms with van der Waals surface area (Å²) in [5.74, 6) is 1.19. The number of ether oxygens (including phenoxy) is 2. The van der Waals surface area contributed by atoms with Crippen LogP contribution in [0.25, 0.3) is 0 Å². The number of nitrogens with one attached hydrogen (secondary N) is 1. The maximum atomic E-state index is 13.2. The summed E-state index contributed by atoms with van der Waals surface area (Å²) in [6.07, 6.45) is 5.10. The third-order valence-electron chi connectivity index (χ3n) is 8.85. The van der Waals surface area contributed by atoms with Crippen LogP contribution in [-0.4, -0.2) is 35.3 Å². The van der Waals surface area contributed by atoms with E-state index in [0.29, 0.717) is 18.4 Å². The fourth-order valence-electron chi connectivity index (χ4n) is 6.75. The van der Waals surface area contributed by atoms with E-state index in [9.17, 15) is 4.79 Å². The van der Waals surface area contributed by atoms with Crippen LogP contribution in [0.4, 0.5) is 0 Å². The molecule has 10 nitrogen and oxygen atoms in total. The Balaban J connectivity index is 0. The fraction of sp³-hybridized carbons (Fsp3) is 0.541. The fourth-order valence-corrected chi connectivity index (χ4v) is 7.38. The molecule has 1 aliphatic heterocycles. The molecular weight excluding hydrogens is 654 g/mol. The molecule has 7 atom stereocenters. The molecule has 1 aromatic heterocycles. The number of benzene rings is 1. The first-order valence-electron chi connectivity index (χ1n) is 15.2. The van der Waals surface area contributed by atoms with Crippen LogP contribution < -0.4 is 5.32 Å². The molecule has 0 bridgehead atoms. The van der Waals surface area contributed by atoms with Crippen LogP contribution in [0.1, 0.15) is 85.0 Å². The number of esters is 1. The Labute approximate surface area is 293 Å². The van der Waals surface area contributed by atoms with Crippen molar-refractivity contribution in [3.05, 3.63) is 93.3 Å². The van der Waals surface area contributed by atoms with Crippen LogP contribution in [0, 0.1) is 56.4 Å². The summed E-state index contributed by atoms with van der Waals surface area (Å²) in [6, 6.07) is 14.2. The average molecular weight is 700 g/mol. The SMILES string of the molecule is CCOC(=O)[C@H]1N[C@@H](C(C)(C)C)[C@H]([C](=[Cr])O[C@@H]2C[C@H](C)CC[C@H]2C(C)(C)c2ccccc2)[C@H]1c1ccco1.[C-]#[O+].[C-]#[O+].[C-]#[O+].[C-]#[O+].[C-]#[O+]. The predicted molar refractivity (Wildman–Crippen MR) is 167 cm³/mol. The molecular formula is C37H45CrNO9. The monoisotopic (exact) mass is 699 g/mol. The number of carbonyl (C=O) groups is 1. The first kappa shape index (κ1) is 47.1. The van der Waals surface area contributed by atoms with E-state index < -0.39 is 6.04 Å². The third kappa shape index (κ3) is 12.5. The Morgan fingerprint density at radius 1 is 0.917 bits per heavy atom. The van der Waals surface area contributed by atoms with Crippen molar-refractivity contribution in [1.82, 2.24) is 5.32 Å². The Morgan fingerprint density at radius 2 is 1.48 bits per heavy atom. The van der Waals surface area contributed by atoms with Crippen molar-refractivity contribution in [1.29, 1.82) is 0 Å². The average Bonchev–Trinajstić information content (AvgIpc) is 3.79. The summed E-state index contributed by atoms with van der Waals surface area (Å²) in [7, 11) is 0. The first-order valence-corrected chi connectivity index (χ1v) is 15.8. The number of hydrogen-bond acceptors (Lipinski definition) is 5. The van der Waals surface area contributed by atoms with Crippen molar-refractivity contribution in [3.8, 4) is 0 Å². The predicted octanol–water partition coefficient (Wildman–Crippen LogP) is 6.22. The van der Waals surface area contributed by atoms with E-state index in [1.54, 1.807) is 6.26 Å². The van der Waals surface area contributed by atoms with E-state index in [0.717, 1.165) is 23.2 Å². The van der Waals surface area contributed by atoms with Crippen molar-refractivity contribution in [2.45, 2.75) is 97.2 Å². The Hall–Kier alpha value is -3.01. The summed E-state index contributed by atoms with van der Waals surface area (Å²) in [5, 5.41) is 3.64. The molecule has 2 fully saturated rings. The van der Waals surface area contributed by atoms with Crippen LogP contribution in [0.15, 0.2) is 53.1 Å². The third-order valence-corrected chi connectivity index (χ3v) is 9.42. The van der Waals surface area contributed by atoms with Gasteiger partial charge in [-0.3, -0.25) is 0 Å². The molecule has 1 aliphatic carbocycles. The van der Waals surface area contributed by atoms with E-state index in [2.05, 4.69) is 126 Å². The van der Waals surface area contributed by atoms with Gasteiger partial charge in [0.15, 0.2) is 0 Å². The minimum atomic E-state index is -0.510. The van der Waals surface area contributed by atoms with Gasteiger partial charge in [0.2, 0.25) is 0 Å². The molecule has 4 rings (SSSR count). The quantitative estimate of drug-likeness (QED) is 0.197. The molecule has 258 valence electrons. The second kappa shape index (κ2) is 24.2. The van der Waals surface area contributed by atoms with Gasteiger partial charge < -0.3 is 0 Å². The molecule has 2 aliphatic rings. The number of furan rings is 1. The van der Waals surface area contributed by atoms with Crippen molar-refractivity contribution in [2.24, 2.45) is 23.2 Å². The van der Waals surface area contributed by atoms with Crippen molar-refractivity contribution in [2.75, 3.05) is 6.61 Å². The van der Waals surface area contributed by atoms with E-state index in [4.69, 9.17) is 37.2 Å². The standard InChI is InChI=1S/C32H45NO4.5CO.Cr/c1-8-35-30(34)28-27(25-15-12-18-36-25)23(29(33-28)31(3,4)5)20-37-26-19-21(2)16-17-24(26)32(6,7)22-13-10-9-11-14-22;5*1-2;/h9-15,18,21,23-24,26-29,33H,8,16-17,19H2,1-7H3;;;;;;/t21-,23-,24-,26-,27+,28+,29-;;;;;;/m1....../s1. The van der Waals surface area contributed by atoms with Gasteiger partial charge in [0, 0.05) is 0 Å². The zero-order chi connectivity index (χ0) is 37.7. The van der Waals surface area contributed by atoms with Gasteiger partial charge in [-0.2, -0.15) is 0 Å². The molecule has 0 spiro atoms. The van der Waals surface area contributed by atoms with Gasteiger partial charge in [-0.05, 0) is 0 Å². The summed E-state index contributed by atoms with van der Waals surface area (Å²) < 4.78 is 56.8. The molecule has 1 saturated heterocycles. The molecule has 1 aromatic carbocycles. The Bertz CT molecular complexity index is 1270. The first-order chi connectivity index (χ1) is 22.9. The molecule has 1 N–H and O–H groups in total. The van der Waals surface area contributed by atoms with Gasteiger partial charge in [0.05, 0.1) is 0 Å². The van der Waals surface area contributed by atoms with Gasteiger partial charge in [-0.1, -0.05) is 0 Å². The topological polar surface area (TPSA) is 160 Å². The zero-order valence-corrected chi connectivity index (χ0v) is 29.8. The van der Waals surface area contributed by atoms with Crippen LogP contribution in [0.5, 0.6) is 0 Å². The van der Waals surface area contributed by atoms with Gasteiger partial charge >= 0.3 is 294 Å². The zero-order valence-electron chi connectivity index (χ0n) is 28.6. The van der Waals surface area contributed by atoms with Crippen LogP contribution >= 0.6 is 0 Å². The van der Waals surface area contributed by atoms with Gasteiger partial charge in [0.1, 0.15) is 0 Å². The van der Waals surface area contributed by atoms with Crippen molar-refractivity contribution < 1.29 is 57.8 Å². The molecule has 11 heteroatoms. The molecule has 2 aromatic rings. The van der Waals surface area contributed by atoms with Crippen LogP contribution in [-0.2, 0) is 58.8 Å². The Kier molecular flexibility index (Phi) is 23.7. The summed E-state index contributed by atoms with van der Waals surface area (Å²) in [5.41, 5.74) is 1.19. The van der Waals surface area contributed by atoms with E-state index in [1.807, 2.05) is 19.1 Å². The van der Waals surface area contributed by atoms with Gasteiger partial charge in [-0.25, -0.2) is 0 Å². The van der Waals surface area contributed by atoms with E-state index in [1.165, 1.54) is 12.0 Å². The van der Waals surface area contributed by atoms with Crippen molar-refractivity contribution >= 4 is 10.5 Å². The molecule has 0 radical (unpaired) electrons. The molecule has 48 heavy (non-hydrogen) atoms. The molecule has 0 unspecified atom stereocenters. The second-order valence-electron chi connectivity index (χ2n) is 12.9. The maximum absolute atomic E-state index is 13.2. The summed E-state index contributed by atoms with van der Waals surface area (Å²) in [4.78, 5) is 13.2. The Morgan fingerprint density at radius 3 is 1.96 bits per heavy atom. The van der Waals surface area contributed by atoms with Crippen LogP contribution in [0.2, 0.25) is 0 Å². The molecule has 0 amide bonds. The van der Waals surface area contributed by atoms with Gasteiger partial charge in [-0.15, -0.1) is 0 Å².